The van der Waals surface area contributed by atoms with Gasteiger partial charge in [0.2, 0.25) is 0 Å². The Morgan fingerprint density at radius 1 is 1.22 bits per heavy atom. The Labute approximate surface area is 135 Å². The normalized spacial score (nSPS) is 11.2. The van der Waals surface area contributed by atoms with Gasteiger partial charge >= 0.3 is 0 Å². The lowest BCUT2D eigenvalue weighted by Gasteiger charge is -2.09. The molecular weight excluding hydrogens is 293 g/mol. The molecule has 0 amide bonds. The fraction of sp³-hybridized carbons (Fsp3) is 0.158. The molecule has 0 N–H and O–H groups in total. The molecular formula is C19H18FNO2. The van der Waals surface area contributed by atoms with Crippen LogP contribution < -0.4 is 4.74 Å². The predicted molar refractivity (Wildman–Crippen MR) is 90.7 cm³/mol. The van der Waals surface area contributed by atoms with Gasteiger partial charge in [0.1, 0.15) is 18.2 Å². The number of nitrogens with zero attached hydrogens (tertiary/aromatic N) is 1. The Bertz CT molecular complexity index is 748. The fourth-order valence-electron chi connectivity index (χ4n) is 1.95. The molecule has 0 radical (unpaired) electrons. The smallest absolute Gasteiger partial charge is 0.155 e. The van der Waals surface area contributed by atoms with Gasteiger partial charge in [0.25, 0.3) is 0 Å². The monoisotopic (exact) mass is 311 g/mol. The van der Waals surface area contributed by atoms with Crippen molar-refractivity contribution in [1.29, 1.82) is 0 Å². The molecule has 2 aromatic carbocycles. The van der Waals surface area contributed by atoms with Gasteiger partial charge in [0.05, 0.1) is 5.69 Å². The Kier molecular flexibility index (Phi) is 5.41. The molecule has 0 aromatic heterocycles. The lowest BCUT2D eigenvalue weighted by molar-refractivity contribution is -0.113. The number of ketones is 1. The van der Waals surface area contributed by atoms with E-state index in [0.717, 1.165) is 11.1 Å². The molecule has 4 heteroatoms. The van der Waals surface area contributed by atoms with E-state index in [1.165, 1.54) is 19.1 Å². The molecule has 0 heterocycles. The number of benzene rings is 2. The summed E-state index contributed by atoms with van der Waals surface area (Å²) in [4.78, 5) is 15.3. The topological polar surface area (TPSA) is 38.7 Å². The van der Waals surface area contributed by atoms with Crippen LogP contribution in [0.4, 0.5) is 10.1 Å². The third-order valence-electron chi connectivity index (χ3n) is 3.42. The maximum Gasteiger partial charge on any atom is 0.155 e. The highest BCUT2D eigenvalue weighted by Gasteiger charge is 2.04. The fourth-order valence-corrected chi connectivity index (χ4v) is 1.95. The average Bonchev–Trinajstić information content (AvgIpc) is 2.55. The van der Waals surface area contributed by atoms with Gasteiger partial charge in [0.15, 0.2) is 5.78 Å². The number of ether oxygens (including phenoxy) is 1. The third kappa shape index (κ3) is 4.61. The quantitative estimate of drug-likeness (QED) is 0.571. The predicted octanol–water partition coefficient (Wildman–Crippen LogP) is 4.73. The molecule has 0 unspecified atom stereocenters. The summed E-state index contributed by atoms with van der Waals surface area (Å²) in [7, 11) is 0. The Hall–Kier alpha value is -2.75. The van der Waals surface area contributed by atoms with Crippen LogP contribution in [-0.2, 0) is 11.4 Å². The molecule has 2 aromatic rings. The molecule has 0 bridgehead atoms. The summed E-state index contributed by atoms with van der Waals surface area (Å²) in [6.07, 6.45) is 1.77. The zero-order valence-corrected chi connectivity index (χ0v) is 13.2. The average molecular weight is 311 g/mol. The summed E-state index contributed by atoms with van der Waals surface area (Å²) < 4.78 is 18.5. The second-order valence-electron chi connectivity index (χ2n) is 5.18. The lowest BCUT2D eigenvalue weighted by Crippen LogP contribution is -1.96. The highest BCUT2D eigenvalue weighted by atomic mass is 19.1. The highest BCUT2D eigenvalue weighted by Crippen LogP contribution is 2.27. The largest absolute Gasteiger partial charge is 0.489 e. The van der Waals surface area contributed by atoms with Crippen molar-refractivity contribution in [3.63, 3.8) is 0 Å². The van der Waals surface area contributed by atoms with Crippen LogP contribution in [0.25, 0.3) is 6.08 Å². The van der Waals surface area contributed by atoms with Crippen LogP contribution in [0.1, 0.15) is 25.0 Å². The van der Waals surface area contributed by atoms with Gasteiger partial charge in [-0.15, -0.1) is 0 Å². The standard InChI is InChI=1S/C19H18FNO2/c1-13(14(2)22)10-16-6-9-18(11-19(16)21-3)23-12-15-4-7-17(20)8-5-15/h4-11H,3,12H2,1-2H3/b13-10+. The summed E-state index contributed by atoms with van der Waals surface area (Å²) in [5.74, 6) is 0.370. The van der Waals surface area contributed by atoms with Crippen LogP contribution in [0.5, 0.6) is 5.75 Å². The first-order valence-electron chi connectivity index (χ1n) is 7.17. The summed E-state index contributed by atoms with van der Waals surface area (Å²) in [5.41, 5.74) is 2.97. The van der Waals surface area contributed by atoms with Crippen molar-refractivity contribution < 1.29 is 13.9 Å². The van der Waals surface area contributed by atoms with E-state index < -0.39 is 0 Å². The van der Waals surface area contributed by atoms with Crippen LogP contribution in [0.3, 0.4) is 0 Å². The van der Waals surface area contributed by atoms with Crippen LogP contribution in [0.15, 0.2) is 53.0 Å². The third-order valence-corrected chi connectivity index (χ3v) is 3.42. The highest BCUT2D eigenvalue weighted by molar-refractivity contribution is 5.97. The van der Waals surface area contributed by atoms with E-state index in [4.69, 9.17) is 4.74 Å². The Balaban J connectivity index is 2.15. The van der Waals surface area contributed by atoms with Gasteiger partial charge < -0.3 is 4.74 Å². The number of allylic oxidation sites excluding steroid dienone is 1. The minimum atomic E-state index is -0.274. The first-order chi connectivity index (χ1) is 11.0. The van der Waals surface area contributed by atoms with Crippen LogP contribution in [0.2, 0.25) is 0 Å². The van der Waals surface area contributed by atoms with Gasteiger partial charge in [-0.2, -0.15) is 0 Å². The van der Waals surface area contributed by atoms with Crippen LogP contribution in [0, 0.1) is 5.82 Å². The van der Waals surface area contributed by atoms with Gasteiger partial charge in [-0.1, -0.05) is 12.1 Å². The Morgan fingerprint density at radius 3 is 2.52 bits per heavy atom. The number of Topliss-reactive ketones (excluding diaryl/α,β-unsaturated/α-hetero) is 1. The second-order valence-corrected chi connectivity index (χ2v) is 5.18. The molecule has 0 fully saturated rings. The maximum absolute atomic E-state index is 12.9. The van der Waals surface area contributed by atoms with Crippen molar-refractivity contribution in [1.82, 2.24) is 0 Å². The number of aliphatic imine (C=N–C) groups is 1. The van der Waals surface area contributed by atoms with Crippen LogP contribution >= 0.6 is 0 Å². The summed E-state index contributed by atoms with van der Waals surface area (Å²) in [5, 5.41) is 0. The number of carbonyl (C=O) groups is 1. The number of hydrogen-bond acceptors (Lipinski definition) is 3. The summed E-state index contributed by atoms with van der Waals surface area (Å²) >= 11 is 0. The van der Waals surface area contributed by atoms with Crippen LogP contribution in [-0.4, -0.2) is 12.5 Å². The van der Waals surface area contributed by atoms with Crippen molar-refractivity contribution in [3.05, 3.63) is 65.0 Å². The van der Waals surface area contributed by atoms with Crippen molar-refractivity contribution in [2.75, 3.05) is 0 Å². The van der Waals surface area contributed by atoms with E-state index in [0.29, 0.717) is 23.6 Å². The molecule has 0 aliphatic heterocycles. The molecule has 0 aliphatic rings. The second kappa shape index (κ2) is 7.49. The summed E-state index contributed by atoms with van der Waals surface area (Å²) in [6.45, 7) is 7.16. The molecule has 2 rings (SSSR count). The minimum absolute atomic E-state index is 0.0108. The van der Waals surface area contributed by atoms with E-state index in [2.05, 4.69) is 11.7 Å². The van der Waals surface area contributed by atoms with E-state index >= 15 is 0 Å². The molecule has 23 heavy (non-hydrogen) atoms. The number of carbonyl (C=O) groups excluding carboxylic acids is 1. The molecule has 3 nitrogen and oxygen atoms in total. The van der Waals surface area contributed by atoms with Gasteiger partial charge in [0, 0.05) is 11.6 Å². The molecule has 118 valence electrons. The van der Waals surface area contributed by atoms with Crippen molar-refractivity contribution in [3.8, 4) is 5.75 Å². The number of halogens is 1. The van der Waals surface area contributed by atoms with Gasteiger partial charge in [-0.05, 0) is 62.0 Å². The molecule has 0 saturated heterocycles. The van der Waals surface area contributed by atoms with E-state index in [9.17, 15) is 9.18 Å². The van der Waals surface area contributed by atoms with Crippen molar-refractivity contribution in [2.45, 2.75) is 20.5 Å². The number of rotatable bonds is 6. The summed E-state index contributed by atoms with van der Waals surface area (Å²) in [6, 6.07) is 11.5. The first-order valence-corrected chi connectivity index (χ1v) is 7.17. The maximum atomic E-state index is 12.9. The SMILES string of the molecule is C=Nc1cc(OCc2ccc(F)cc2)ccc1/C=C(\C)C(C)=O. The zero-order valence-electron chi connectivity index (χ0n) is 13.2. The van der Waals surface area contributed by atoms with Gasteiger partial charge in [-0.3, -0.25) is 9.79 Å². The van der Waals surface area contributed by atoms with Gasteiger partial charge in [-0.25, -0.2) is 4.39 Å². The first kappa shape index (κ1) is 16.6. The molecule has 0 spiro atoms. The minimum Gasteiger partial charge on any atom is -0.489 e. The van der Waals surface area contributed by atoms with Crippen molar-refractivity contribution >= 4 is 24.3 Å². The molecule has 0 aliphatic carbocycles. The molecule has 0 atom stereocenters. The van der Waals surface area contributed by atoms with E-state index in [1.807, 2.05) is 6.07 Å². The van der Waals surface area contributed by atoms with E-state index in [-0.39, 0.29) is 11.6 Å². The Morgan fingerprint density at radius 2 is 1.91 bits per heavy atom. The lowest BCUT2D eigenvalue weighted by atomic mass is 10.1. The van der Waals surface area contributed by atoms with E-state index in [1.54, 1.807) is 37.3 Å². The zero-order chi connectivity index (χ0) is 16.8. The number of hydrogen-bond donors (Lipinski definition) is 0. The molecule has 0 saturated carbocycles. The van der Waals surface area contributed by atoms with Crippen molar-refractivity contribution in [2.24, 2.45) is 4.99 Å².